The zero-order valence-electron chi connectivity index (χ0n) is 15.7. The molecule has 2 aromatic carbocycles. The van der Waals surface area contributed by atoms with Crippen molar-refractivity contribution in [2.75, 3.05) is 14.2 Å². The van der Waals surface area contributed by atoms with E-state index in [-0.39, 0.29) is 6.04 Å². The fourth-order valence-corrected chi connectivity index (χ4v) is 3.31. The molecule has 0 fully saturated rings. The SMILES string of the molecule is CCCC(N)c1nc2cc(OC)c(OC)cc2n1CCc1ccccc1. The third kappa shape index (κ3) is 3.68. The van der Waals surface area contributed by atoms with Crippen molar-refractivity contribution in [2.24, 2.45) is 5.73 Å². The minimum Gasteiger partial charge on any atom is -0.493 e. The summed E-state index contributed by atoms with van der Waals surface area (Å²) in [6, 6.07) is 14.3. The van der Waals surface area contributed by atoms with E-state index in [0.29, 0.717) is 11.5 Å². The standard InChI is InChI=1S/C21H27N3O2/c1-4-8-16(22)21-23-17-13-19(25-2)20(26-3)14-18(17)24(21)12-11-15-9-6-5-7-10-15/h5-7,9-10,13-14,16H,4,8,11-12,22H2,1-3H3. The Hall–Kier alpha value is -2.53. The molecule has 1 heterocycles. The van der Waals surface area contributed by atoms with E-state index in [4.69, 9.17) is 20.2 Å². The van der Waals surface area contributed by atoms with Crippen molar-refractivity contribution in [3.05, 3.63) is 53.9 Å². The maximum absolute atomic E-state index is 6.43. The average Bonchev–Trinajstić information content (AvgIpc) is 3.03. The van der Waals surface area contributed by atoms with Gasteiger partial charge in [-0.1, -0.05) is 43.7 Å². The molecule has 0 aliphatic heterocycles. The number of benzene rings is 2. The largest absolute Gasteiger partial charge is 0.493 e. The van der Waals surface area contributed by atoms with Crippen LogP contribution in [0.3, 0.4) is 0 Å². The van der Waals surface area contributed by atoms with E-state index in [9.17, 15) is 0 Å². The molecule has 138 valence electrons. The predicted molar refractivity (Wildman–Crippen MR) is 105 cm³/mol. The Morgan fingerprint density at radius 2 is 1.77 bits per heavy atom. The van der Waals surface area contributed by atoms with Crippen LogP contribution in [0.25, 0.3) is 11.0 Å². The summed E-state index contributed by atoms with van der Waals surface area (Å²) < 4.78 is 13.1. The lowest BCUT2D eigenvalue weighted by Gasteiger charge is -2.15. The molecule has 3 aromatic rings. The summed E-state index contributed by atoms with van der Waals surface area (Å²) in [4.78, 5) is 4.83. The molecular formula is C21H27N3O2. The summed E-state index contributed by atoms with van der Waals surface area (Å²) in [6.45, 7) is 2.96. The van der Waals surface area contributed by atoms with E-state index in [1.807, 2.05) is 18.2 Å². The molecule has 5 nitrogen and oxygen atoms in total. The summed E-state index contributed by atoms with van der Waals surface area (Å²) in [5.74, 6) is 2.31. The molecule has 0 spiro atoms. The van der Waals surface area contributed by atoms with Gasteiger partial charge in [-0.2, -0.15) is 0 Å². The first-order chi connectivity index (χ1) is 12.7. The van der Waals surface area contributed by atoms with Gasteiger partial charge in [0.1, 0.15) is 5.82 Å². The van der Waals surface area contributed by atoms with Gasteiger partial charge in [0.2, 0.25) is 0 Å². The highest BCUT2D eigenvalue weighted by Crippen LogP contribution is 2.33. The van der Waals surface area contributed by atoms with Crippen LogP contribution >= 0.6 is 0 Å². The lowest BCUT2D eigenvalue weighted by Crippen LogP contribution is -2.17. The summed E-state index contributed by atoms with van der Waals surface area (Å²) in [5.41, 5.74) is 9.64. The van der Waals surface area contributed by atoms with Crippen LogP contribution in [-0.4, -0.2) is 23.8 Å². The Bertz CT molecular complexity index is 859. The van der Waals surface area contributed by atoms with E-state index in [2.05, 4.69) is 35.8 Å². The van der Waals surface area contributed by atoms with Crippen LogP contribution < -0.4 is 15.2 Å². The van der Waals surface area contributed by atoms with Crippen LogP contribution in [0.4, 0.5) is 0 Å². The zero-order chi connectivity index (χ0) is 18.5. The van der Waals surface area contributed by atoms with Gasteiger partial charge in [0.25, 0.3) is 0 Å². The normalized spacial score (nSPS) is 12.3. The molecule has 0 saturated heterocycles. The molecule has 1 atom stereocenters. The lowest BCUT2D eigenvalue weighted by molar-refractivity contribution is 0.355. The second-order valence-electron chi connectivity index (χ2n) is 6.45. The average molecular weight is 353 g/mol. The van der Waals surface area contributed by atoms with Crippen molar-refractivity contribution in [1.82, 2.24) is 9.55 Å². The summed E-state index contributed by atoms with van der Waals surface area (Å²) in [6.07, 6.45) is 2.85. The maximum Gasteiger partial charge on any atom is 0.163 e. The number of fused-ring (bicyclic) bond motifs is 1. The topological polar surface area (TPSA) is 62.3 Å². The van der Waals surface area contributed by atoms with E-state index in [1.54, 1.807) is 14.2 Å². The van der Waals surface area contributed by atoms with Gasteiger partial charge in [-0.3, -0.25) is 0 Å². The van der Waals surface area contributed by atoms with E-state index in [1.165, 1.54) is 5.56 Å². The fraction of sp³-hybridized carbons (Fsp3) is 0.381. The summed E-state index contributed by atoms with van der Waals surface area (Å²) >= 11 is 0. The lowest BCUT2D eigenvalue weighted by atomic mass is 10.1. The van der Waals surface area contributed by atoms with E-state index < -0.39 is 0 Å². The van der Waals surface area contributed by atoms with Crippen LogP contribution in [0.2, 0.25) is 0 Å². The van der Waals surface area contributed by atoms with Crippen LogP contribution in [0.1, 0.15) is 37.2 Å². The quantitative estimate of drug-likeness (QED) is 0.662. The molecule has 0 radical (unpaired) electrons. The Morgan fingerprint density at radius 3 is 2.42 bits per heavy atom. The third-order valence-corrected chi connectivity index (χ3v) is 4.68. The molecular weight excluding hydrogens is 326 g/mol. The van der Waals surface area contributed by atoms with Crippen molar-refractivity contribution in [1.29, 1.82) is 0 Å². The first-order valence-corrected chi connectivity index (χ1v) is 9.09. The van der Waals surface area contributed by atoms with Gasteiger partial charge >= 0.3 is 0 Å². The van der Waals surface area contributed by atoms with Gasteiger partial charge in [-0.25, -0.2) is 4.98 Å². The summed E-state index contributed by atoms with van der Waals surface area (Å²) in [5, 5.41) is 0. The summed E-state index contributed by atoms with van der Waals surface area (Å²) in [7, 11) is 3.29. The number of hydrogen-bond acceptors (Lipinski definition) is 4. The molecule has 26 heavy (non-hydrogen) atoms. The smallest absolute Gasteiger partial charge is 0.163 e. The highest BCUT2D eigenvalue weighted by atomic mass is 16.5. The number of aryl methyl sites for hydroxylation is 2. The first-order valence-electron chi connectivity index (χ1n) is 9.09. The highest BCUT2D eigenvalue weighted by Gasteiger charge is 2.19. The van der Waals surface area contributed by atoms with Gasteiger partial charge in [-0.15, -0.1) is 0 Å². The molecule has 0 aliphatic carbocycles. The second kappa shape index (κ2) is 8.23. The van der Waals surface area contributed by atoms with Gasteiger partial charge in [0.15, 0.2) is 11.5 Å². The number of nitrogens with zero attached hydrogens (tertiary/aromatic N) is 2. The molecule has 0 amide bonds. The Morgan fingerprint density at radius 1 is 1.08 bits per heavy atom. The van der Waals surface area contributed by atoms with Crippen molar-refractivity contribution in [3.63, 3.8) is 0 Å². The fourth-order valence-electron chi connectivity index (χ4n) is 3.31. The molecule has 1 aromatic heterocycles. The zero-order valence-corrected chi connectivity index (χ0v) is 15.7. The highest BCUT2D eigenvalue weighted by molar-refractivity contribution is 5.80. The number of hydrogen-bond donors (Lipinski definition) is 1. The second-order valence-corrected chi connectivity index (χ2v) is 6.45. The van der Waals surface area contributed by atoms with Crippen molar-refractivity contribution in [3.8, 4) is 11.5 Å². The number of methoxy groups -OCH3 is 2. The molecule has 5 heteroatoms. The maximum atomic E-state index is 6.43. The Labute approximate surface area is 154 Å². The minimum atomic E-state index is -0.0832. The molecule has 0 saturated carbocycles. The first kappa shape index (κ1) is 18.3. The molecule has 0 bridgehead atoms. The van der Waals surface area contributed by atoms with Gasteiger partial charge in [0, 0.05) is 18.7 Å². The number of ether oxygens (including phenoxy) is 2. The van der Waals surface area contributed by atoms with Crippen molar-refractivity contribution < 1.29 is 9.47 Å². The third-order valence-electron chi connectivity index (χ3n) is 4.68. The van der Waals surface area contributed by atoms with Crippen LogP contribution in [0.5, 0.6) is 11.5 Å². The van der Waals surface area contributed by atoms with Gasteiger partial charge in [-0.05, 0) is 18.4 Å². The Balaban J connectivity index is 2.04. The Kier molecular flexibility index (Phi) is 5.78. The van der Waals surface area contributed by atoms with Crippen LogP contribution in [0.15, 0.2) is 42.5 Å². The van der Waals surface area contributed by atoms with E-state index in [0.717, 1.165) is 42.7 Å². The number of aromatic nitrogens is 2. The predicted octanol–water partition coefficient (Wildman–Crippen LogP) is 4.10. The van der Waals surface area contributed by atoms with Gasteiger partial charge in [0.05, 0.1) is 31.3 Å². The number of imidazole rings is 1. The van der Waals surface area contributed by atoms with Crippen molar-refractivity contribution >= 4 is 11.0 Å². The van der Waals surface area contributed by atoms with Crippen molar-refractivity contribution in [2.45, 2.75) is 38.8 Å². The monoisotopic (exact) mass is 353 g/mol. The molecule has 0 aliphatic rings. The molecule has 2 N–H and O–H groups in total. The van der Waals surface area contributed by atoms with Crippen LogP contribution in [0, 0.1) is 0 Å². The molecule has 3 rings (SSSR count). The number of nitrogens with two attached hydrogens (primary N) is 1. The molecule has 1 unspecified atom stereocenters. The minimum absolute atomic E-state index is 0.0832. The number of rotatable bonds is 8. The van der Waals surface area contributed by atoms with Crippen LogP contribution in [-0.2, 0) is 13.0 Å². The van der Waals surface area contributed by atoms with E-state index >= 15 is 0 Å². The van der Waals surface area contributed by atoms with Gasteiger partial charge < -0.3 is 19.8 Å².